The summed E-state index contributed by atoms with van der Waals surface area (Å²) < 4.78 is 5.35. The highest BCUT2D eigenvalue weighted by molar-refractivity contribution is 8.00. The molecule has 1 aliphatic rings. The van der Waals surface area contributed by atoms with E-state index in [1.165, 1.54) is 24.8 Å². The van der Waals surface area contributed by atoms with E-state index in [-0.39, 0.29) is 23.2 Å². The standard InChI is InChI=1S/C22H33NO3S/c1-5-7-8-9-17-10-12-18(13-11-17)20(24)23-19(22(25)26-14-6-2)15-27-21(23)16(3)4/h10-13,16,19,21H,5-9,14-15H2,1-4H3/t19-,21-/m0/s1. The zero-order chi connectivity index (χ0) is 19.8. The second-order valence-corrected chi connectivity index (χ2v) is 8.67. The first-order valence-corrected chi connectivity index (χ1v) is 11.2. The smallest absolute Gasteiger partial charge is 0.329 e. The van der Waals surface area contributed by atoms with Crippen LogP contribution >= 0.6 is 11.8 Å². The lowest BCUT2D eigenvalue weighted by Crippen LogP contribution is -2.47. The van der Waals surface area contributed by atoms with Crippen molar-refractivity contribution >= 4 is 23.6 Å². The summed E-state index contributed by atoms with van der Waals surface area (Å²) in [4.78, 5) is 27.5. The molecule has 0 radical (unpaired) electrons. The van der Waals surface area contributed by atoms with Crippen LogP contribution in [-0.4, -0.2) is 40.6 Å². The first-order valence-electron chi connectivity index (χ1n) is 10.2. The Labute approximate surface area is 168 Å². The topological polar surface area (TPSA) is 46.6 Å². The number of amides is 1. The monoisotopic (exact) mass is 391 g/mol. The van der Waals surface area contributed by atoms with Gasteiger partial charge in [0.1, 0.15) is 6.04 Å². The van der Waals surface area contributed by atoms with Gasteiger partial charge < -0.3 is 9.64 Å². The van der Waals surface area contributed by atoms with Gasteiger partial charge in [0, 0.05) is 11.3 Å². The van der Waals surface area contributed by atoms with E-state index in [4.69, 9.17) is 4.74 Å². The third-order valence-corrected chi connectivity index (χ3v) is 6.45. The Morgan fingerprint density at radius 3 is 2.44 bits per heavy atom. The molecule has 0 aliphatic carbocycles. The summed E-state index contributed by atoms with van der Waals surface area (Å²) in [5, 5.41) is 0.000840. The molecule has 1 heterocycles. The molecule has 1 amide bonds. The zero-order valence-corrected chi connectivity index (χ0v) is 17.9. The van der Waals surface area contributed by atoms with E-state index >= 15 is 0 Å². The number of esters is 1. The summed E-state index contributed by atoms with van der Waals surface area (Å²) in [5.41, 5.74) is 1.91. The largest absolute Gasteiger partial charge is 0.464 e. The molecular weight excluding hydrogens is 358 g/mol. The number of ether oxygens (including phenoxy) is 1. The first kappa shape index (κ1) is 21.8. The van der Waals surface area contributed by atoms with E-state index in [2.05, 4.69) is 20.8 Å². The summed E-state index contributed by atoms with van der Waals surface area (Å²) in [6.45, 7) is 8.76. The van der Waals surface area contributed by atoms with Crippen LogP contribution in [0.4, 0.5) is 0 Å². The van der Waals surface area contributed by atoms with E-state index in [9.17, 15) is 9.59 Å². The Balaban J connectivity index is 2.14. The van der Waals surface area contributed by atoms with Crippen molar-refractivity contribution in [1.29, 1.82) is 0 Å². The van der Waals surface area contributed by atoms with Crippen LogP contribution in [-0.2, 0) is 16.0 Å². The molecule has 1 aromatic rings. The van der Waals surface area contributed by atoms with E-state index in [1.54, 1.807) is 16.7 Å². The summed E-state index contributed by atoms with van der Waals surface area (Å²) in [6.07, 6.45) is 5.43. The van der Waals surface area contributed by atoms with Gasteiger partial charge >= 0.3 is 5.97 Å². The van der Waals surface area contributed by atoms with Gasteiger partial charge in [-0.3, -0.25) is 4.79 Å². The van der Waals surface area contributed by atoms with Crippen LogP contribution in [0.1, 0.15) is 69.3 Å². The number of hydrogen-bond acceptors (Lipinski definition) is 4. The Morgan fingerprint density at radius 2 is 1.85 bits per heavy atom. The summed E-state index contributed by atoms with van der Waals surface area (Å²) in [5.74, 6) is 0.525. The minimum absolute atomic E-state index is 0.000840. The van der Waals surface area contributed by atoms with Crippen molar-refractivity contribution in [3.8, 4) is 0 Å². The third kappa shape index (κ3) is 5.74. The molecule has 0 saturated carbocycles. The minimum atomic E-state index is -0.495. The number of benzene rings is 1. The lowest BCUT2D eigenvalue weighted by molar-refractivity contribution is -0.148. The van der Waals surface area contributed by atoms with E-state index in [0.29, 0.717) is 17.9 Å². The minimum Gasteiger partial charge on any atom is -0.464 e. The van der Waals surface area contributed by atoms with Gasteiger partial charge in [0.05, 0.1) is 12.0 Å². The molecule has 27 heavy (non-hydrogen) atoms. The highest BCUT2D eigenvalue weighted by Gasteiger charge is 2.43. The van der Waals surface area contributed by atoms with Crippen molar-refractivity contribution in [3.63, 3.8) is 0 Å². The molecule has 0 bridgehead atoms. The Bertz CT molecular complexity index is 614. The number of aryl methyl sites for hydroxylation is 1. The normalized spacial score (nSPS) is 19.5. The summed E-state index contributed by atoms with van der Waals surface area (Å²) >= 11 is 1.67. The van der Waals surface area contributed by atoms with Crippen molar-refractivity contribution in [2.75, 3.05) is 12.4 Å². The molecular formula is C22H33NO3S. The molecule has 1 aliphatic heterocycles. The van der Waals surface area contributed by atoms with Crippen LogP contribution < -0.4 is 0 Å². The highest BCUT2D eigenvalue weighted by Crippen LogP contribution is 2.35. The lowest BCUT2D eigenvalue weighted by Gasteiger charge is -2.30. The van der Waals surface area contributed by atoms with Crippen LogP contribution in [0.3, 0.4) is 0 Å². The van der Waals surface area contributed by atoms with Gasteiger partial charge in [0.15, 0.2) is 0 Å². The number of thioether (sulfide) groups is 1. The number of rotatable bonds is 9. The van der Waals surface area contributed by atoms with E-state index in [0.717, 1.165) is 12.8 Å². The molecule has 2 rings (SSSR count). The second-order valence-electron chi connectivity index (χ2n) is 7.52. The van der Waals surface area contributed by atoms with Crippen LogP contribution in [0, 0.1) is 5.92 Å². The molecule has 2 atom stereocenters. The van der Waals surface area contributed by atoms with Crippen molar-refractivity contribution in [3.05, 3.63) is 35.4 Å². The average Bonchev–Trinajstić information content (AvgIpc) is 3.12. The number of nitrogens with zero attached hydrogens (tertiary/aromatic N) is 1. The van der Waals surface area contributed by atoms with E-state index in [1.807, 2.05) is 31.2 Å². The maximum Gasteiger partial charge on any atom is 0.329 e. The quantitative estimate of drug-likeness (QED) is 0.443. The number of carbonyl (C=O) groups is 2. The van der Waals surface area contributed by atoms with Gasteiger partial charge in [-0.25, -0.2) is 4.79 Å². The predicted molar refractivity (Wildman–Crippen MR) is 112 cm³/mol. The molecule has 0 spiro atoms. The fraction of sp³-hybridized carbons (Fsp3) is 0.636. The predicted octanol–water partition coefficient (Wildman–Crippen LogP) is 4.91. The second kappa shape index (κ2) is 10.7. The zero-order valence-electron chi connectivity index (χ0n) is 17.1. The molecule has 4 nitrogen and oxygen atoms in total. The molecule has 150 valence electrons. The molecule has 1 saturated heterocycles. The fourth-order valence-electron chi connectivity index (χ4n) is 3.32. The van der Waals surface area contributed by atoms with Crippen LogP contribution in [0.15, 0.2) is 24.3 Å². The van der Waals surface area contributed by atoms with Gasteiger partial charge in [-0.05, 0) is 42.9 Å². The van der Waals surface area contributed by atoms with Crippen LogP contribution in [0.5, 0.6) is 0 Å². The summed E-state index contributed by atoms with van der Waals surface area (Å²) in [6, 6.07) is 7.39. The average molecular weight is 392 g/mol. The summed E-state index contributed by atoms with van der Waals surface area (Å²) in [7, 11) is 0. The van der Waals surface area contributed by atoms with Crippen LogP contribution in [0.25, 0.3) is 0 Å². The van der Waals surface area contributed by atoms with Gasteiger partial charge in [0.25, 0.3) is 5.91 Å². The Kier molecular flexibility index (Phi) is 8.68. The van der Waals surface area contributed by atoms with Crippen molar-refractivity contribution in [2.24, 2.45) is 5.92 Å². The lowest BCUT2D eigenvalue weighted by atomic mass is 10.0. The number of hydrogen-bond donors (Lipinski definition) is 0. The maximum absolute atomic E-state index is 13.2. The molecule has 5 heteroatoms. The molecule has 0 N–H and O–H groups in total. The molecule has 0 aromatic heterocycles. The highest BCUT2D eigenvalue weighted by atomic mass is 32.2. The molecule has 1 aromatic carbocycles. The van der Waals surface area contributed by atoms with Gasteiger partial charge in [-0.15, -0.1) is 11.8 Å². The molecule has 1 fully saturated rings. The fourth-order valence-corrected chi connectivity index (χ4v) is 4.79. The van der Waals surface area contributed by atoms with Crippen molar-refractivity contribution in [1.82, 2.24) is 4.90 Å². The maximum atomic E-state index is 13.2. The Hall–Kier alpha value is -1.49. The van der Waals surface area contributed by atoms with Gasteiger partial charge in [-0.1, -0.05) is 52.7 Å². The Morgan fingerprint density at radius 1 is 1.15 bits per heavy atom. The number of unbranched alkanes of at least 4 members (excludes halogenated alkanes) is 2. The third-order valence-electron chi connectivity index (χ3n) is 4.83. The van der Waals surface area contributed by atoms with Gasteiger partial charge in [-0.2, -0.15) is 0 Å². The SMILES string of the molecule is CCCCCc1ccc(C(=O)N2[C@H](C(=O)OCCC)CS[C@H]2C(C)C)cc1. The molecule has 0 unspecified atom stereocenters. The van der Waals surface area contributed by atoms with Crippen LogP contribution in [0.2, 0.25) is 0 Å². The first-order chi connectivity index (χ1) is 13.0. The van der Waals surface area contributed by atoms with Crippen molar-refractivity contribution in [2.45, 2.75) is 71.2 Å². The van der Waals surface area contributed by atoms with E-state index < -0.39 is 6.04 Å². The van der Waals surface area contributed by atoms with Crippen molar-refractivity contribution < 1.29 is 14.3 Å². The van der Waals surface area contributed by atoms with Gasteiger partial charge in [0.2, 0.25) is 0 Å². The number of carbonyl (C=O) groups excluding carboxylic acids is 2.